The van der Waals surface area contributed by atoms with Gasteiger partial charge in [0.05, 0.1) is 5.57 Å². The third-order valence-corrected chi connectivity index (χ3v) is 2.31. The summed E-state index contributed by atoms with van der Waals surface area (Å²) < 4.78 is 37.8. The first-order valence-corrected chi connectivity index (χ1v) is 3.96. The highest BCUT2D eigenvalue weighted by Crippen LogP contribution is 2.57. The van der Waals surface area contributed by atoms with Crippen LogP contribution in [-0.2, 0) is 0 Å². The lowest BCUT2D eigenvalue weighted by molar-refractivity contribution is 0.155. The van der Waals surface area contributed by atoms with Crippen molar-refractivity contribution in [3.05, 3.63) is 40.7 Å². The molecule has 0 amide bonds. The van der Waals surface area contributed by atoms with E-state index in [-0.39, 0.29) is 11.1 Å². The normalized spacial score (nSPS) is 19.1. The summed E-state index contributed by atoms with van der Waals surface area (Å²) in [6, 6.07) is 4.82. The number of alkyl halides is 2. The molecule has 0 fully saturated rings. The fourth-order valence-corrected chi connectivity index (χ4v) is 1.41. The second kappa shape index (κ2) is 2.51. The van der Waals surface area contributed by atoms with Crippen molar-refractivity contribution < 1.29 is 13.2 Å². The molecule has 0 unspecified atom stereocenters. The van der Waals surface area contributed by atoms with Gasteiger partial charge in [0.2, 0.25) is 0 Å². The Balaban J connectivity index is 2.35. The average Bonchev–Trinajstić information content (AvgIpc) is 2.55. The van der Waals surface area contributed by atoms with E-state index in [1.165, 1.54) is 12.1 Å². The Morgan fingerprint density at radius 3 is 1.92 bits per heavy atom. The molecule has 0 atom stereocenters. The number of hydrogen-bond acceptors (Lipinski definition) is 0. The van der Waals surface area contributed by atoms with Crippen LogP contribution in [0.1, 0.15) is 5.56 Å². The summed E-state index contributed by atoms with van der Waals surface area (Å²) in [4.78, 5) is 0. The number of allylic oxidation sites excluding steroid dienone is 2. The molecule has 1 aromatic rings. The molecule has 68 valence electrons. The molecule has 0 radical (unpaired) electrons. The van der Waals surface area contributed by atoms with E-state index >= 15 is 0 Å². The van der Waals surface area contributed by atoms with Gasteiger partial charge in [-0.05, 0) is 17.7 Å². The van der Waals surface area contributed by atoms with Crippen LogP contribution in [0.5, 0.6) is 0 Å². The molecule has 0 N–H and O–H groups in total. The van der Waals surface area contributed by atoms with Crippen molar-refractivity contribution in [1.29, 1.82) is 0 Å². The molecule has 1 aliphatic carbocycles. The highest BCUT2D eigenvalue weighted by atomic mass is 35.5. The first kappa shape index (κ1) is 8.63. The Morgan fingerprint density at radius 1 is 1.08 bits per heavy atom. The Hall–Kier alpha value is -0.960. The molecular formula is C9H4ClF3. The summed E-state index contributed by atoms with van der Waals surface area (Å²) in [7, 11) is 0. The van der Waals surface area contributed by atoms with Crippen molar-refractivity contribution in [3.8, 4) is 0 Å². The van der Waals surface area contributed by atoms with Gasteiger partial charge in [-0.2, -0.15) is 8.78 Å². The molecule has 0 saturated carbocycles. The van der Waals surface area contributed by atoms with Crippen LogP contribution in [0.4, 0.5) is 13.2 Å². The molecule has 2 rings (SSSR count). The number of rotatable bonds is 1. The SMILES string of the molecule is Fc1ccc(C2=C(Cl)C2(F)F)cc1. The maximum Gasteiger partial charge on any atom is 0.311 e. The summed E-state index contributed by atoms with van der Waals surface area (Å²) in [6.45, 7) is 0. The molecule has 0 heterocycles. The molecule has 0 aliphatic heterocycles. The van der Waals surface area contributed by atoms with Gasteiger partial charge in [-0.3, -0.25) is 0 Å². The molecule has 1 aliphatic rings. The molecule has 0 nitrogen and oxygen atoms in total. The lowest BCUT2D eigenvalue weighted by Gasteiger charge is -1.96. The second-order valence-corrected chi connectivity index (χ2v) is 3.15. The van der Waals surface area contributed by atoms with E-state index in [1.807, 2.05) is 0 Å². The Labute approximate surface area is 77.6 Å². The van der Waals surface area contributed by atoms with Crippen LogP contribution in [0.25, 0.3) is 5.57 Å². The molecule has 1 aromatic carbocycles. The highest BCUT2D eigenvalue weighted by Gasteiger charge is 2.56. The van der Waals surface area contributed by atoms with Crippen LogP contribution in [0.3, 0.4) is 0 Å². The van der Waals surface area contributed by atoms with Crippen molar-refractivity contribution in [1.82, 2.24) is 0 Å². The minimum atomic E-state index is -3.00. The van der Waals surface area contributed by atoms with Gasteiger partial charge >= 0.3 is 5.92 Å². The average molecular weight is 205 g/mol. The number of benzene rings is 1. The summed E-state index contributed by atoms with van der Waals surface area (Å²) in [5.74, 6) is -3.45. The number of hydrogen-bond donors (Lipinski definition) is 0. The maximum atomic E-state index is 12.7. The summed E-state index contributed by atoms with van der Waals surface area (Å²) in [5, 5.41) is -0.445. The van der Waals surface area contributed by atoms with Gasteiger partial charge in [-0.25, -0.2) is 4.39 Å². The van der Waals surface area contributed by atoms with Gasteiger partial charge < -0.3 is 0 Å². The second-order valence-electron chi connectivity index (χ2n) is 2.77. The molecule has 0 aromatic heterocycles. The van der Waals surface area contributed by atoms with Crippen LogP contribution in [0.15, 0.2) is 29.3 Å². The van der Waals surface area contributed by atoms with Gasteiger partial charge in [0.15, 0.2) is 0 Å². The van der Waals surface area contributed by atoms with E-state index in [9.17, 15) is 13.2 Å². The summed E-state index contributed by atoms with van der Waals surface area (Å²) in [6.07, 6.45) is 0. The maximum absolute atomic E-state index is 12.7. The van der Waals surface area contributed by atoms with Crippen LogP contribution < -0.4 is 0 Å². The quantitative estimate of drug-likeness (QED) is 0.658. The first-order valence-electron chi connectivity index (χ1n) is 3.58. The monoisotopic (exact) mass is 204 g/mol. The Kier molecular flexibility index (Phi) is 1.67. The van der Waals surface area contributed by atoms with Crippen molar-refractivity contribution in [2.45, 2.75) is 5.92 Å². The van der Waals surface area contributed by atoms with E-state index in [2.05, 4.69) is 0 Å². The molecule has 0 spiro atoms. The van der Waals surface area contributed by atoms with Gasteiger partial charge in [0.25, 0.3) is 0 Å². The predicted molar refractivity (Wildman–Crippen MR) is 44.1 cm³/mol. The summed E-state index contributed by atoms with van der Waals surface area (Å²) >= 11 is 5.25. The van der Waals surface area contributed by atoms with Gasteiger partial charge in [-0.15, -0.1) is 0 Å². The van der Waals surface area contributed by atoms with E-state index in [1.54, 1.807) is 0 Å². The van der Waals surface area contributed by atoms with E-state index in [4.69, 9.17) is 11.6 Å². The Morgan fingerprint density at radius 2 is 1.54 bits per heavy atom. The predicted octanol–water partition coefficient (Wildman–Crippen LogP) is 3.42. The third kappa shape index (κ3) is 1.23. The van der Waals surface area contributed by atoms with Crippen molar-refractivity contribution >= 4 is 17.2 Å². The lowest BCUT2D eigenvalue weighted by Crippen LogP contribution is -1.94. The van der Waals surface area contributed by atoms with Crippen LogP contribution >= 0.6 is 11.6 Å². The van der Waals surface area contributed by atoms with E-state index in [0.717, 1.165) is 12.1 Å². The fraction of sp³-hybridized carbons (Fsp3) is 0.111. The van der Waals surface area contributed by atoms with Crippen molar-refractivity contribution in [2.24, 2.45) is 0 Å². The fourth-order valence-electron chi connectivity index (χ4n) is 1.13. The zero-order valence-corrected chi connectivity index (χ0v) is 7.08. The van der Waals surface area contributed by atoms with Gasteiger partial charge in [-0.1, -0.05) is 23.7 Å². The topological polar surface area (TPSA) is 0 Å². The summed E-state index contributed by atoms with van der Waals surface area (Å²) in [5.41, 5.74) is 0.0746. The molecule has 13 heavy (non-hydrogen) atoms. The third-order valence-electron chi connectivity index (χ3n) is 1.88. The minimum absolute atomic E-state index is 0.200. The Bertz CT molecular complexity index is 378. The highest BCUT2D eigenvalue weighted by molar-refractivity contribution is 6.40. The van der Waals surface area contributed by atoms with Crippen LogP contribution in [-0.4, -0.2) is 5.92 Å². The van der Waals surface area contributed by atoms with E-state index < -0.39 is 16.8 Å². The lowest BCUT2D eigenvalue weighted by atomic mass is 10.1. The first-order chi connectivity index (χ1) is 6.03. The zero-order chi connectivity index (χ0) is 9.64. The standard InChI is InChI=1S/C9H4ClF3/c10-8-7(9(8,12)13)5-1-3-6(11)4-2-5/h1-4H. The molecule has 4 heteroatoms. The van der Waals surface area contributed by atoms with Crippen molar-refractivity contribution in [2.75, 3.05) is 0 Å². The van der Waals surface area contributed by atoms with Gasteiger partial charge in [0.1, 0.15) is 10.8 Å². The van der Waals surface area contributed by atoms with Gasteiger partial charge in [0, 0.05) is 0 Å². The number of halogens is 4. The largest absolute Gasteiger partial charge is 0.311 e. The smallest absolute Gasteiger partial charge is 0.207 e. The molecular weight excluding hydrogens is 201 g/mol. The zero-order valence-electron chi connectivity index (χ0n) is 6.32. The van der Waals surface area contributed by atoms with Crippen LogP contribution in [0.2, 0.25) is 0 Å². The minimum Gasteiger partial charge on any atom is -0.207 e. The van der Waals surface area contributed by atoms with Crippen LogP contribution in [0, 0.1) is 5.82 Å². The molecule has 0 bridgehead atoms. The molecule has 0 saturated heterocycles. The van der Waals surface area contributed by atoms with E-state index in [0.29, 0.717) is 0 Å². The van der Waals surface area contributed by atoms with Crippen molar-refractivity contribution in [3.63, 3.8) is 0 Å².